The van der Waals surface area contributed by atoms with Crippen molar-refractivity contribution >= 4 is 5.69 Å². The minimum Gasteiger partial charge on any atom is -0.238 e. The highest BCUT2D eigenvalue weighted by atomic mass is 14.9. The van der Waals surface area contributed by atoms with Crippen LogP contribution in [0.15, 0.2) is 212 Å². The zero-order chi connectivity index (χ0) is 38.2. The first-order valence-electron chi connectivity index (χ1n) is 19.2. The molecule has 0 fully saturated rings. The Bertz CT molecular complexity index is 2880. The van der Waals surface area contributed by atoms with Crippen molar-refractivity contribution in [3.8, 4) is 67.3 Å². The van der Waals surface area contributed by atoms with Crippen molar-refractivity contribution in [3.05, 3.63) is 246 Å². The summed E-state index contributed by atoms with van der Waals surface area (Å²) in [6.45, 7) is 7.95. The van der Waals surface area contributed by atoms with Gasteiger partial charge in [0.15, 0.2) is 11.5 Å². The largest absolute Gasteiger partial charge is 0.238 e. The van der Waals surface area contributed by atoms with Gasteiger partial charge in [0.05, 0.1) is 23.4 Å². The zero-order valence-corrected chi connectivity index (χ0v) is 31.0. The fourth-order valence-electron chi connectivity index (χ4n) is 8.58. The Morgan fingerprint density at radius 2 is 0.860 bits per heavy atom. The van der Waals surface area contributed by atoms with Gasteiger partial charge in [-0.2, -0.15) is 0 Å². The molecule has 0 bridgehead atoms. The summed E-state index contributed by atoms with van der Waals surface area (Å²) in [5, 5.41) is 0. The van der Waals surface area contributed by atoms with Crippen molar-refractivity contribution in [2.45, 2.75) is 5.41 Å². The second-order valence-electron chi connectivity index (χ2n) is 14.4. The second-order valence-corrected chi connectivity index (χ2v) is 14.4. The van der Waals surface area contributed by atoms with Gasteiger partial charge in [-0.1, -0.05) is 206 Å². The number of aromatic nitrogens is 2. The van der Waals surface area contributed by atoms with Crippen LogP contribution >= 0.6 is 0 Å². The maximum absolute atomic E-state index is 7.95. The van der Waals surface area contributed by atoms with Crippen LogP contribution in [-0.2, 0) is 5.41 Å². The third kappa shape index (κ3) is 5.84. The van der Waals surface area contributed by atoms with E-state index < -0.39 is 5.41 Å². The van der Waals surface area contributed by atoms with Crippen LogP contribution in [0.2, 0.25) is 0 Å². The predicted molar refractivity (Wildman–Crippen MR) is 233 cm³/mol. The number of benzene rings is 8. The summed E-state index contributed by atoms with van der Waals surface area (Å²) in [6, 6.07) is 74.4. The van der Waals surface area contributed by atoms with Crippen LogP contribution in [0.3, 0.4) is 0 Å². The van der Waals surface area contributed by atoms with Crippen molar-refractivity contribution in [1.29, 1.82) is 0 Å². The Kier molecular flexibility index (Phi) is 8.43. The Morgan fingerprint density at radius 1 is 0.368 bits per heavy atom. The fourth-order valence-corrected chi connectivity index (χ4v) is 8.58. The standard InChI is InChI=1S/C54H35N3/c1-55-45-33-34-47-49(35-45)54(43-19-10-4-11-20-43,44-21-12-5-13-22-44)48-24-14-23-46(52(47)48)39-27-31-42(32-28-39)53-56-50(40-17-8-3-9-18-40)36-51(57-53)41-29-25-38(26-30-41)37-15-6-2-7-16-37/h2-36H. The molecule has 10 rings (SSSR count). The molecule has 0 aliphatic heterocycles. The van der Waals surface area contributed by atoms with Gasteiger partial charge in [-0.05, 0) is 61.7 Å². The van der Waals surface area contributed by atoms with Crippen molar-refractivity contribution in [2.75, 3.05) is 0 Å². The smallest absolute Gasteiger partial charge is 0.187 e. The Labute approximate surface area is 333 Å². The first-order valence-corrected chi connectivity index (χ1v) is 19.2. The van der Waals surface area contributed by atoms with Crippen LogP contribution in [-0.4, -0.2) is 9.97 Å². The van der Waals surface area contributed by atoms with Gasteiger partial charge >= 0.3 is 0 Å². The molecule has 0 saturated carbocycles. The first-order chi connectivity index (χ1) is 28.2. The van der Waals surface area contributed by atoms with Gasteiger partial charge in [0.25, 0.3) is 0 Å². The highest BCUT2D eigenvalue weighted by Crippen LogP contribution is 2.58. The third-order valence-corrected chi connectivity index (χ3v) is 11.2. The van der Waals surface area contributed by atoms with Gasteiger partial charge < -0.3 is 0 Å². The normalized spacial score (nSPS) is 12.3. The van der Waals surface area contributed by atoms with E-state index in [0.29, 0.717) is 11.5 Å². The number of fused-ring (bicyclic) bond motifs is 3. The monoisotopic (exact) mass is 725 g/mol. The van der Waals surface area contributed by atoms with E-state index in [2.05, 4.69) is 187 Å². The third-order valence-electron chi connectivity index (χ3n) is 11.2. The SMILES string of the molecule is [C-]#[N+]c1ccc2c(c1)C(c1ccccc1)(c1ccccc1)c1cccc(-c3ccc(-c4nc(-c5ccccc5)cc(-c5ccc(-c6ccccc6)cc5)n4)cc3)c1-2. The average Bonchev–Trinajstić information content (AvgIpc) is 3.60. The summed E-state index contributed by atoms with van der Waals surface area (Å²) in [6.07, 6.45) is 0. The summed E-state index contributed by atoms with van der Waals surface area (Å²) >= 11 is 0. The number of nitrogens with zero attached hydrogens (tertiary/aromatic N) is 3. The molecule has 0 N–H and O–H groups in total. The molecule has 8 aromatic carbocycles. The van der Waals surface area contributed by atoms with Gasteiger partial charge in [-0.15, -0.1) is 0 Å². The first kappa shape index (κ1) is 33.9. The fraction of sp³-hybridized carbons (Fsp3) is 0.0185. The Hall–Kier alpha value is -7.67. The van der Waals surface area contributed by atoms with Crippen LogP contribution < -0.4 is 0 Å². The van der Waals surface area contributed by atoms with Crippen LogP contribution in [0.5, 0.6) is 0 Å². The quantitative estimate of drug-likeness (QED) is 0.153. The van der Waals surface area contributed by atoms with Gasteiger partial charge in [-0.25, -0.2) is 14.8 Å². The lowest BCUT2D eigenvalue weighted by atomic mass is 9.67. The van der Waals surface area contributed by atoms with E-state index in [-0.39, 0.29) is 0 Å². The minimum atomic E-state index is -0.592. The maximum Gasteiger partial charge on any atom is 0.187 e. The van der Waals surface area contributed by atoms with Crippen molar-refractivity contribution in [2.24, 2.45) is 0 Å². The number of rotatable bonds is 7. The van der Waals surface area contributed by atoms with Gasteiger partial charge in [-0.3, -0.25) is 0 Å². The van der Waals surface area contributed by atoms with E-state index in [1.807, 2.05) is 30.3 Å². The summed E-state index contributed by atoms with van der Waals surface area (Å²) in [5.41, 5.74) is 16.4. The minimum absolute atomic E-state index is 0.592. The van der Waals surface area contributed by atoms with Crippen LogP contribution in [0.25, 0.3) is 72.1 Å². The molecule has 0 amide bonds. The van der Waals surface area contributed by atoms with E-state index in [0.717, 1.165) is 50.3 Å². The molecule has 3 heteroatoms. The van der Waals surface area contributed by atoms with E-state index in [9.17, 15) is 0 Å². The number of hydrogen-bond acceptors (Lipinski definition) is 2. The van der Waals surface area contributed by atoms with E-state index in [1.165, 1.54) is 33.4 Å². The predicted octanol–water partition coefficient (Wildman–Crippen LogP) is 13.7. The van der Waals surface area contributed by atoms with Crippen molar-refractivity contribution < 1.29 is 0 Å². The second kappa shape index (κ2) is 14.2. The van der Waals surface area contributed by atoms with E-state index >= 15 is 0 Å². The Morgan fingerprint density at radius 3 is 1.46 bits per heavy atom. The lowest BCUT2D eigenvalue weighted by Crippen LogP contribution is -2.28. The molecule has 0 radical (unpaired) electrons. The van der Waals surface area contributed by atoms with E-state index in [4.69, 9.17) is 16.5 Å². The molecule has 0 unspecified atom stereocenters. The van der Waals surface area contributed by atoms with Gasteiger partial charge in [0.2, 0.25) is 0 Å². The van der Waals surface area contributed by atoms with Crippen LogP contribution in [0.1, 0.15) is 22.3 Å². The molecular formula is C54H35N3. The molecule has 1 aliphatic carbocycles. The highest BCUT2D eigenvalue weighted by molar-refractivity contribution is 5.96. The van der Waals surface area contributed by atoms with Crippen molar-refractivity contribution in [3.63, 3.8) is 0 Å². The molecule has 266 valence electrons. The molecule has 0 spiro atoms. The number of hydrogen-bond donors (Lipinski definition) is 0. The molecule has 0 atom stereocenters. The molecule has 9 aromatic rings. The summed E-state index contributed by atoms with van der Waals surface area (Å²) in [4.78, 5) is 14.2. The van der Waals surface area contributed by atoms with Crippen molar-refractivity contribution in [1.82, 2.24) is 9.97 Å². The lowest BCUT2D eigenvalue weighted by molar-refractivity contribution is 0.769. The molecule has 0 saturated heterocycles. The van der Waals surface area contributed by atoms with Gasteiger partial charge in [0, 0.05) is 16.7 Å². The lowest BCUT2D eigenvalue weighted by Gasteiger charge is -2.34. The molecule has 1 aliphatic rings. The topological polar surface area (TPSA) is 30.1 Å². The van der Waals surface area contributed by atoms with Gasteiger partial charge in [0.1, 0.15) is 0 Å². The molecule has 57 heavy (non-hydrogen) atoms. The average molecular weight is 726 g/mol. The van der Waals surface area contributed by atoms with Crippen LogP contribution in [0.4, 0.5) is 5.69 Å². The van der Waals surface area contributed by atoms with Crippen LogP contribution in [0, 0.1) is 6.57 Å². The Balaban J connectivity index is 1.10. The maximum atomic E-state index is 7.95. The summed E-state index contributed by atoms with van der Waals surface area (Å²) in [5.74, 6) is 0.674. The summed E-state index contributed by atoms with van der Waals surface area (Å²) in [7, 11) is 0. The molecule has 3 nitrogen and oxygen atoms in total. The summed E-state index contributed by atoms with van der Waals surface area (Å²) < 4.78 is 0. The zero-order valence-electron chi connectivity index (χ0n) is 31.0. The molecule has 1 heterocycles. The highest BCUT2D eigenvalue weighted by Gasteiger charge is 2.46. The molecular weight excluding hydrogens is 691 g/mol. The van der Waals surface area contributed by atoms with E-state index in [1.54, 1.807) is 0 Å². The molecule has 1 aromatic heterocycles.